The van der Waals surface area contributed by atoms with E-state index >= 15 is 0 Å². The molecular formula is C45H53Cl2F8N7O2S2. The van der Waals surface area contributed by atoms with Crippen LogP contribution in [0.25, 0.3) is 0 Å². The molecule has 0 radical (unpaired) electrons. The van der Waals surface area contributed by atoms with E-state index in [-0.39, 0.29) is 59.3 Å². The van der Waals surface area contributed by atoms with Crippen LogP contribution in [-0.4, -0.2) is 75.7 Å². The van der Waals surface area contributed by atoms with Crippen LogP contribution in [0, 0.1) is 25.7 Å². The van der Waals surface area contributed by atoms with Gasteiger partial charge in [-0.3, -0.25) is 9.59 Å². The van der Waals surface area contributed by atoms with Crippen LogP contribution < -0.4 is 20.4 Å². The molecule has 6 rings (SSSR count). The fourth-order valence-electron chi connectivity index (χ4n) is 7.29. The summed E-state index contributed by atoms with van der Waals surface area (Å²) in [6, 6.07) is 10.1. The molecule has 2 unspecified atom stereocenters. The molecular weight excluding hydrogens is 958 g/mol. The lowest BCUT2D eigenvalue weighted by Gasteiger charge is -2.26. The number of alkyl halides is 10. The van der Waals surface area contributed by atoms with E-state index in [2.05, 4.69) is 25.6 Å². The third-order valence-corrected chi connectivity index (χ3v) is 13.9. The van der Waals surface area contributed by atoms with Crippen LogP contribution in [0.3, 0.4) is 0 Å². The van der Waals surface area contributed by atoms with Gasteiger partial charge in [-0.25, -0.2) is 23.7 Å². The molecule has 0 aliphatic carbocycles. The van der Waals surface area contributed by atoms with Crippen LogP contribution in [0.2, 0.25) is 0 Å². The van der Waals surface area contributed by atoms with E-state index in [0.29, 0.717) is 48.5 Å². The molecule has 1 aromatic carbocycles. The van der Waals surface area contributed by atoms with Gasteiger partial charge in [0.25, 0.3) is 17.7 Å². The molecule has 0 spiro atoms. The summed E-state index contributed by atoms with van der Waals surface area (Å²) in [5, 5.41) is 6.00. The zero-order valence-electron chi connectivity index (χ0n) is 37.7. The van der Waals surface area contributed by atoms with Crippen molar-refractivity contribution in [2.45, 2.75) is 99.8 Å². The minimum atomic E-state index is -4.70. The number of anilines is 4. The molecule has 21 heteroatoms. The lowest BCUT2D eigenvalue weighted by molar-refractivity contribution is -0.139. The molecule has 9 nitrogen and oxygen atoms in total. The van der Waals surface area contributed by atoms with Gasteiger partial charge in [0.05, 0.1) is 27.3 Å². The highest BCUT2D eigenvalue weighted by Gasteiger charge is 2.42. The second-order valence-corrected chi connectivity index (χ2v) is 18.8. The van der Waals surface area contributed by atoms with Gasteiger partial charge in [0.15, 0.2) is 0 Å². The molecule has 362 valence electrons. The largest absolute Gasteiger partial charge is 0.418 e. The number of rotatable bonds is 8. The van der Waals surface area contributed by atoms with Gasteiger partial charge in [0.1, 0.15) is 16.0 Å². The summed E-state index contributed by atoms with van der Waals surface area (Å²) < 4.78 is 109. The Morgan fingerprint density at radius 1 is 0.712 bits per heavy atom. The number of hydrogen-bond acceptors (Lipinski definition) is 9. The first-order valence-electron chi connectivity index (χ1n) is 21.0. The zero-order chi connectivity index (χ0) is 49.4. The van der Waals surface area contributed by atoms with E-state index in [4.69, 9.17) is 23.2 Å². The number of halogens is 10. The summed E-state index contributed by atoms with van der Waals surface area (Å²) in [5.41, 5.74) is -1.97. The number of amides is 2. The summed E-state index contributed by atoms with van der Waals surface area (Å²) in [6.45, 7) is 10.7. The van der Waals surface area contributed by atoms with Crippen molar-refractivity contribution < 1.29 is 44.7 Å². The van der Waals surface area contributed by atoms with Crippen molar-refractivity contribution in [1.82, 2.24) is 15.0 Å². The van der Waals surface area contributed by atoms with Crippen LogP contribution in [-0.2, 0) is 12.4 Å². The topological polar surface area (TPSA) is 103 Å². The highest BCUT2D eigenvalue weighted by Crippen LogP contribution is 2.42. The van der Waals surface area contributed by atoms with E-state index in [1.165, 1.54) is 55.4 Å². The maximum Gasteiger partial charge on any atom is 0.418 e. The van der Waals surface area contributed by atoms with Crippen LogP contribution in [0.5, 0.6) is 0 Å². The first kappa shape index (κ1) is 54.5. The predicted molar refractivity (Wildman–Crippen MR) is 250 cm³/mol. The summed E-state index contributed by atoms with van der Waals surface area (Å²) in [5.74, 6) is -5.06. The first-order valence-corrected chi connectivity index (χ1v) is 24.2. The fraction of sp³-hybridized carbons (Fsp3) is 0.489. The number of aromatic nitrogens is 3. The average molecular weight is 1010 g/mol. The van der Waals surface area contributed by atoms with Crippen molar-refractivity contribution in [3.05, 3.63) is 88.4 Å². The third-order valence-electron chi connectivity index (χ3n) is 11.4. The van der Waals surface area contributed by atoms with Gasteiger partial charge in [-0.1, -0.05) is 33.8 Å². The number of pyridine rings is 3. The van der Waals surface area contributed by atoms with Gasteiger partial charge < -0.3 is 20.4 Å². The van der Waals surface area contributed by atoms with Crippen LogP contribution in [0.4, 0.5) is 58.1 Å². The lowest BCUT2D eigenvalue weighted by atomic mass is 9.99. The fourth-order valence-corrected chi connectivity index (χ4v) is 8.55. The molecule has 2 N–H and O–H groups in total. The number of nitrogens with one attached hydrogen (secondary N) is 2. The van der Waals surface area contributed by atoms with E-state index in [1.807, 2.05) is 39.3 Å². The second kappa shape index (κ2) is 22.8. The normalized spacial score (nSPS) is 18.4. The Bertz CT molecular complexity index is 2160. The Morgan fingerprint density at radius 3 is 1.68 bits per heavy atom. The molecule has 0 saturated carbocycles. The second-order valence-electron chi connectivity index (χ2n) is 15.6. The van der Waals surface area contributed by atoms with Crippen LogP contribution in [0.1, 0.15) is 96.3 Å². The number of hydrogen-bond donors (Lipinski definition) is 2. The molecule has 2 aliphatic rings. The summed E-state index contributed by atoms with van der Waals surface area (Å²) in [6.07, 6.45) is -2.01. The van der Waals surface area contributed by atoms with Crippen molar-refractivity contribution in [2.75, 3.05) is 59.1 Å². The quantitative estimate of drug-likeness (QED) is 0.101. The monoisotopic (exact) mass is 1010 g/mol. The smallest absolute Gasteiger partial charge is 0.356 e. The van der Waals surface area contributed by atoms with Crippen molar-refractivity contribution in [3.8, 4) is 0 Å². The van der Waals surface area contributed by atoms with Gasteiger partial charge in [-0.15, -0.1) is 46.7 Å². The number of benzene rings is 1. The molecule has 3 aromatic heterocycles. The average Bonchev–Trinajstić information content (AvgIpc) is 3.48. The minimum absolute atomic E-state index is 0.0149. The molecule has 5 heterocycles. The van der Waals surface area contributed by atoms with Gasteiger partial charge in [-0.2, -0.15) is 26.3 Å². The Kier molecular flexibility index (Phi) is 18.9. The van der Waals surface area contributed by atoms with E-state index in [1.54, 1.807) is 35.2 Å². The molecule has 2 amide bonds. The predicted octanol–water partition coefficient (Wildman–Crippen LogP) is 13.5. The SMILES string of the molecule is CC.CSc1cc(NC(=O)c2c(N3CCC(C)C(Cl)(Cl)CC3)ncc(C(F)(F)F)c2C)ccn1.CSc1cccc(NC(=O)c2c(N3CCC(C)C(F)(F)CC3)ncc(C(F)(F)F)c2C)c1. The van der Waals surface area contributed by atoms with Gasteiger partial charge in [0, 0.05) is 73.4 Å². The van der Waals surface area contributed by atoms with Crippen molar-refractivity contribution in [2.24, 2.45) is 11.8 Å². The van der Waals surface area contributed by atoms with Crippen molar-refractivity contribution in [1.29, 1.82) is 0 Å². The molecule has 4 aromatic rings. The molecule has 66 heavy (non-hydrogen) atoms. The van der Waals surface area contributed by atoms with Crippen LogP contribution >= 0.6 is 46.7 Å². The summed E-state index contributed by atoms with van der Waals surface area (Å²) in [7, 11) is 0. The van der Waals surface area contributed by atoms with Gasteiger partial charge in [0.2, 0.25) is 0 Å². The molecule has 2 saturated heterocycles. The summed E-state index contributed by atoms with van der Waals surface area (Å²) in [4.78, 5) is 42.7. The van der Waals surface area contributed by atoms with Crippen LogP contribution in [0.15, 0.2) is 64.9 Å². The molecule has 0 bridgehead atoms. The van der Waals surface area contributed by atoms with Crippen molar-refractivity contribution >= 4 is 81.6 Å². The van der Waals surface area contributed by atoms with E-state index in [9.17, 15) is 44.7 Å². The third kappa shape index (κ3) is 13.6. The van der Waals surface area contributed by atoms with E-state index in [0.717, 1.165) is 11.1 Å². The Labute approximate surface area is 398 Å². The highest BCUT2D eigenvalue weighted by atomic mass is 35.5. The Balaban J connectivity index is 0.000000278. The summed E-state index contributed by atoms with van der Waals surface area (Å²) >= 11 is 15.7. The van der Waals surface area contributed by atoms with Crippen molar-refractivity contribution in [3.63, 3.8) is 0 Å². The highest BCUT2D eigenvalue weighted by molar-refractivity contribution is 7.98. The first-order chi connectivity index (χ1) is 30.9. The van der Waals surface area contributed by atoms with Gasteiger partial charge in [-0.05, 0) is 93.0 Å². The molecule has 2 fully saturated rings. The maximum atomic E-state index is 14.2. The Hall–Kier alpha value is -4.07. The number of carbonyl (C=O) groups is 2. The van der Waals surface area contributed by atoms with Gasteiger partial charge >= 0.3 is 12.4 Å². The minimum Gasteiger partial charge on any atom is -0.356 e. The number of thioether (sulfide) groups is 2. The number of carbonyl (C=O) groups excluding carboxylic acids is 2. The molecule has 2 atom stereocenters. The molecule has 2 aliphatic heterocycles. The standard InChI is InChI=1S/C22H24F5N3OS.C21H23Cl2F3N4OS.C2H6/c1-13-7-9-30(10-8-21(13,23)24)19-18(14(2)17(12-28-19)22(25,26)27)20(31)29-15-5-4-6-16(11-15)32-3;1-12-5-8-30(9-6-20(12,22)23)18-17(13(2)15(11-28-18)21(24,25)26)19(31)29-14-4-7-27-16(10-14)32-3;1-2/h4-6,11-13H,7-10H2,1-3H3,(H,29,31);4,7,10-12H,5-6,8-9H2,1-3H3,(H,27,29,31);1-2H3. The zero-order valence-corrected chi connectivity index (χ0v) is 40.8. The van der Waals surface area contributed by atoms with E-state index < -0.39 is 57.9 Å². The maximum absolute atomic E-state index is 14.2. The lowest BCUT2D eigenvalue weighted by Crippen LogP contribution is -2.30. The Morgan fingerprint density at radius 2 is 1.20 bits per heavy atom. The number of nitrogens with zero attached hydrogens (tertiary/aromatic N) is 5.